The van der Waals surface area contributed by atoms with E-state index in [0.29, 0.717) is 21.5 Å². The molecule has 0 fully saturated rings. The van der Waals surface area contributed by atoms with Gasteiger partial charge in [0.1, 0.15) is 5.82 Å². The van der Waals surface area contributed by atoms with Crippen LogP contribution in [0.1, 0.15) is 15.2 Å². The van der Waals surface area contributed by atoms with Gasteiger partial charge in [-0.15, -0.1) is 11.3 Å². The van der Waals surface area contributed by atoms with Crippen LogP contribution in [0.5, 0.6) is 0 Å². The Kier molecular flexibility index (Phi) is 4.41. The molecule has 1 amide bonds. The molecule has 0 saturated carbocycles. The van der Waals surface area contributed by atoms with E-state index < -0.39 is 0 Å². The number of carbonyl (C=O) groups excluding carboxylic acids is 1. The van der Waals surface area contributed by atoms with Crippen molar-refractivity contribution in [2.75, 3.05) is 12.4 Å². The van der Waals surface area contributed by atoms with Crippen LogP contribution in [0.3, 0.4) is 0 Å². The molecule has 0 atom stereocenters. The maximum Gasteiger partial charge on any atom is 0.266 e. The van der Waals surface area contributed by atoms with Gasteiger partial charge in [0.2, 0.25) is 0 Å². The van der Waals surface area contributed by atoms with Crippen molar-refractivity contribution in [2.24, 2.45) is 0 Å². The van der Waals surface area contributed by atoms with Crippen molar-refractivity contribution in [1.29, 1.82) is 0 Å². The Morgan fingerprint density at radius 3 is 2.69 bits per heavy atom. The van der Waals surface area contributed by atoms with Crippen molar-refractivity contribution in [3.05, 3.63) is 76.9 Å². The molecule has 0 aliphatic carbocycles. The van der Waals surface area contributed by atoms with Crippen molar-refractivity contribution < 1.29 is 13.9 Å². The number of hydrogen-bond donors (Lipinski definition) is 1. The highest BCUT2D eigenvalue weighted by molar-refractivity contribution is 7.21. The van der Waals surface area contributed by atoms with Gasteiger partial charge in [0.25, 0.3) is 5.91 Å². The SMILES string of the molecule is COCc1c(C(=O)Nc2ccc3ccccc3c2)sc2cccc(F)c12. The summed E-state index contributed by atoms with van der Waals surface area (Å²) in [7, 11) is 1.54. The number of amides is 1. The van der Waals surface area contributed by atoms with E-state index in [1.54, 1.807) is 6.07 Å². The van der Waals surface area contributed by atoms with Gasteiger partial charge in [-0.3, -0.25) is 4.79 Å². The highest BCUT2D eigenvalue weighted by Crippen LogP contribution is 2.34. The van der Waals surface area contributed by atoms with Crippen LogP contribution in [0.25, 0.3) is 20.9 Å². The standard InChI is InChI=1S/C21H16FNO2S/c1-25-12-16-19-17(22)7-4-8-18(19)26-20(16)21(24)23-15-10-9-13-5-2-3-6-14(13)11-15/h2-11H,12H2,1H3,(H,23,24). The molecule has 4 aromatic rings. The van der Waals surface area contributed by atoms with E-state index in [1.807, 2.05) is 48.5 Å². The predicted octanol–water partition coefficient (Wildman–Crippen LogP) is 5.59. The van der Waals surface area contributed by atoms with Crippen LogP contribution in [-0.2, 0) is 11.3 Å². The van der Waals surface area contributed by atoms with Gasteiger partial charge in [0, 0.05) is 28.4 Å². The van der Waals surface area contributed by atoms with Crippen LogP contribution in [-0.4, -0.2) is 13.0 Å². The molecular weight excluding hydrogens is 349 g/mol. The summed E-state index contributed by atoms with van der Waals surface area (Å²) in [5.74, 6) is -0.594. The van der Waals surface area contributed by atoms with Crippen molar-refractivity contribution >= 4 is 43.8 Å². The van der Waals surface area contributed by atoms with Crippen LogP contribution < -0.4 is 5.32 Å². The molecule has 0 bridgehead atoms. The topological polar surface area (TPSA) is 38.3 Å². The minimum atomic E-state index is -0.337. The van der Waals surface area contributed by atoms with E-state index in [9.17, 15) is 9.18 Å². The molecule has 4 rings (SSSR count). The fourth-order valence-corrected chi connectivity index (χ4v) is 4.20. The molecule has 5 heteroatoms. The van der Waals surface area contributed by atoms with Gasteiger partial charge in [-0.1, -0.05) is 36.4 Å². The van der Waals surface area contributed by atoms with Gasteiger partial charge < -0.3 is 10.1 Å². The van der Waals surface area contributed by atoms with Gasteiger partial charge in [0.05, 0.1) is 11.5 Å². The maximum atomic E-state index is 14.3. The smallest absolute Gasteiger partial charge is 0.266 e. The van der Waals surface area contributed by atoms with Crippen LogP contribution in [0.4, 0.5) is 10.1 Å². The predicted molar refractivity (Wildman–Crippen MR) is 104 cm³/mol. The highest BCUT2D eigenvalue weighted by Gasteiger charge is 2.20. The van der Waals surface area contributed by atoms with Gasteiger partial charge in [-0.2, -0.15) is 0 Å². The van der Waals surface area contributed by atoms with Crippen molar-refractivity contribution in [1.82, 2.24) is 0 Å². The summed E-state index contributed by atoms with van der Waals surface area (Å²) in [6.07, 6.45) is 0. The molecule has 1 aromatic heterocycles. The second-order valence-corrected chi connectivity index (χ2v) is 7.02. The van der Waals surface area contributed by atoms with E-state index in [1.165, 1.54) is 24.5 Å². The van der Waals surface area contributed by atoms with Crippen molar-refractivity contribution in [2.45, 2.75) is 6.61 Å². The first kappa shape index (κ1) is 16.7. The van der Waals surface area contributed by atoms with Crippen LogP contribution in [0.2, 0.25) is 0 Å². The zero-order valence-corrected chi connectivity index (χ0v) is 14.9. The number of halogens is 1. The normalized spacial score (nSPS) is 11.2. The fraction of sp³-hybridized carbons (Fsp3) is 0.0952. The zero-order chi connectivity index (χ0) is 18.1. The molecule has 0 unspecified atom stereocenters. The van der Waals surface area contributed by atoms with Crippen molar-refractivity contribution in [3.63, 3.8) is 0 Å². The number of fused-ring (bicyclic) bond motifs is 2. The zero-order valence-electron chi connectivity index (χ0n) is 14.1. The first-order valence-corrected chi connectivity index (χ1v) is 8.98. The van der Waals surface area contributed by atoms with Gasteiger partial charge in [-0.05, 0) is 35.0 Å². The summed E-state index contributed by atoms with van der Waals surface area (Å²) in [6, 6.07) is 18.6. The number of nitrogens with one attached hydrogen (secondary N) is 1. The molecule has 26 heavy (non-hydrogen) atoms. The van der Waals surface area contributed by atoms with E-state index >= 15 is 0 Å². The second-order valence-electron chi connectivity index (χ2n) is 5.97. The lowest BCUT2D eigenvalue weighted by Gasteiger charge is -2.07. The minimum absolute atomic E-state index is 0.182. The Balaban J connectivity index is 1.73. The fourth-order valence-electron chi connectivity index (χ4n) is 3.09. The summed E-state index contributed by atoms with van der Waals surface area (Å²) < 4.78 is 20.2. The lowest BCUT2D eigenvalue weighted by atomic mass is 10.1. The summed E-state index contributed by atoms with van der Waals surface area (Å²) in [4.78, 5) is 13.3. The Labute approximate surface area is 154 Å². The summed E-state index contributed by atoms with van der Waals surface area (Å²) >= 11 is 1.28. The molecule has 1 heterocycles. The number of carbonyl (C=O) groups is 1. The number of rotatable bonds is 4. The molecule has 3 nitrogen and oxygen atoms in total. The van der Waals surface area contributed by atoms with E-state index in [4.69, 9.17) is 4.74 Å². The van der Waals surface area contributed by atoms with Crippen molar-refractivity contribution in [3.8, 4) is 0 Å². The monoisotopic (exact) mass is 365 g/mol. The molecule has 0 saturated heterocycles. The third-order valence-corrected chi connectivity index (χ3v) is 5.46. The second kappa shape index (κ2) is 6.86. The Morgan fingerprint density at radius 1 is 1.08 bits per heavy atom. The first-order valence-electron chi connectivity index (χ1n) is 8.16. The first-order chi connectivity index (χ1) is 12.7. The largest absolute Gasteiger partial charge is 0.380 e. The summed E-state index contributed by atoms with van der Waals surface area (Å²) in [5, 5.41) is 5.54. The number of anilines is 1. The number of thiophene rings is 1. The third kappa shape index (κ3) is 2.96. The Bertz CT molecular complexity index is 1120. The lowest BCUT2D eigenvalue weighted by Crippen LogP contribution is -2.12. The quantitative estimate of drug-likeness (QED) is 0.512. The average molecular weight is 365 g/mol. The molecule has 3 aromatic carbocycles. The van der Waals surface area contributed by atoms with Crippen LogP contribution in [0, 0.1) is 5.82 Å². The molecule has 130 valence electrons. The van der Waals surface area contributed by atoms with Gasteiger partial charge in [-0.25, -0.2) is 4.39 Å². The lowest BCUT2D eigenvalue weighted by molar-refractivity contribution is 0.102. The van der Waals surface area contributed by atoms with Gasteiger partial charge >= 0.3 is 0 Å². The van der Waals surface area contributed by atoms with Crippen LogP contribution >= 0.6 is 11.3 Å². The molecule has 0 aliphatic heterocycles. The summed E-state index contributed by atoms with van der Waals surface area (Å²) in [5.41, 5.74) is 1.29. The van der Waals surface area contributed by atoms with E-state index in [0.717, 1.165) is 15.5 Å². The van der Waals surface area contributed by atoms with E-state index in [2.05, 4.69) is 5.32 Å². The van der Waals surface area contributed by atoms with Crippen LogP contribution in [0.15, 0.2) is 60.7 Å². The summed E-state index contributed by atoms with van der Waals surface area (Å²) in [6.45, 7) is 0.182. The molecule has 0 spiro atoms. The highest BCUT2D eigenvalue weighted by atomic mass is 32.1. The molecule has 0 aliphatic rings. The minimum Gasteiger partial charge on any atom is -0.380 e. The average Bonchev–Trinajstić information content (AvgIpc) is 3.02. The molecule has 0 radical (unpaired) electrons. The number of methoxy groups -OCH3 is 1. The maximum absolute atomic E-state index is 14.3. The molecule has 1 N–H and O–H groups in total. The molecular formula is C21H16FNO2S. The number of benzene rings is 3. The number of ether oxygens (including phenoxy) is 1. The third-order valence-electron chi connectivity index (χ3n) is 4.27. The number of hydrogen-bond acceptors (Lipinski definition) is 3. The Morgan fingerprint density at radius 2 is 1.88 bits per heavy atom. The Hall–Kier alpha value is -2.76. The van der Waals surface area contributed by atoms with E-state index in [-0.39, 0.29) is 18.3 Å². The van der Waals surface area contributed by atoms with Gasteiger partial charge in [0.15, 0.2) is 0 Å².